The molecule has 9 nitrogen and oxygen atoms in total. The van der Waals surface area contributed by atoms with E-state index in [0.717, 1.165) is 50.4 Å². The van der Waals surface area contributed by atoms with Gasteiger partial charge >= 0.3 is 0 Å². The maximum atomic E-state index is 13.1. The summed E-state index contributed by atoms with van der Waals surface area (Å²) < 4.78 is 12.3. The zero-order valence-corrected chi connectivity index (χ0v) is 18.9. The average molecular weight is 468 g/mol. The van der Waals surface area contributed by atoms with Crippen molar-refractivity contribution in [3.8, 4) is 0 Å². The average Bonchev–Trinajstić information content (AvgIpc) is 3.52. The number of rotatable bonds is 7. The monoisotopic (exact) mass is 467 g/mol. The van der Waals surface area contributed by atoms with Crippen LogP contribution in [-0.2, 0) is 24.3 Å². The highest BCUT2D eigenvalue weighted by Crippen LogP contribution is 2.35. The van der Waals surface area contributed by atoms with Gasteiger partial charge in [0.05, 0.1) is 18.8 Å². The Morgan fingerprint density at radius 2 is 2.03 bits per heavy atom. The van der Waals surface area contributed by atoms with E-state index >= 15 is 0 Å². The van der Waals surface area contributed by atoms with Gasteiger partial charge in [-0.1, -0.05) is 0 Å². The summed E-state index contributed by atoms with van der Waals surface area (Å²) in [5.74, 6) is 1.34. The number of fused-ring (bicyclic) bond motifs is 4. The third-order valence-electron chi connectivity index (χ3n) is 6.38. The summed E-state index contributed by atoms with van der Waals surface area (Å²) in [5.41, 5.74) is 2.29. The molecule has 0 aromatic carbocycles. The number of carbonyl (C=O) groups excluding carboxylic acids is 1. The van der Waals surface area contributed by atoms with Crippen molar-refractivity contribution in [2.24, 2.45) is 5.92 Å². The van der Waals surface area contributed by atoms with Crippen LogP contribution in [0.2, 0.25) is 0 Å². The Morgan fingerprint density at radius 1 is 1.18 bits per heavy atom. The Morgan fingerprint density at radius 3 is 2.76 bits per heavy atom. The van der Waals surface area contributed by atoms with Crippen molar-refractivity contribution < 1.29 is 23.5 Å². The first-order chi connectivity index (χ1) is 16.6. The van der Waals surface area contributed by atoms with Crippen LogP contribution < -0.4 is 10.9 Å². The molecular weight excluding hydrogens is 438 g/mol. The molecule has 0 unspecified atom stereocenters. The smallest absolute Gasteiger partial charge is 0.290 e. The number of aromatic nitrogens is 1. The fourth-order valence-corrected chi connectivity index (χ4v) is 5.00. The number of nitrogens with one attached hydrogen (secondary N) is 1. The quantitative estimate of drug-likeness (QED) is 0.405. The number of hydrogen-bond donors (Lipinski definition) is 2. The lowest BCUT2D eigenvalue weighted by molar-refractivity contribution is -0.122. The molecule has 0 spiro atoms. The standard InChI is InChI=1S/C24H27N3O4.CH2O2/c28-23(25-8-1-3-20-4-2-9-31-20)21-5-6-22-19-11-18(14-27(22)24(21)29)13-26(15-19)12-17-7-10-30-16-17;2-1-3/h2,4-7,9-10,16,18-19H,1,3,8,11-15H2,(H,25,28);1H,(H,2,3)/t18-,19+;/m0./s1. The molecule has 5 heterocycles. The molecule has 1 amide bonds. The van der Waals surface area contributed by atoms with Crippen molar-refractivity contribution in [3.63, 3.8) is 0 Å². The zero-order valence-electron chi connectivity index (χ0n) is 18.9. The van der Waals surface area contributed by atoms with Gasteiger partial charge in [0.15, 0.2) is 0 Å². The van der Waals surface area contributed by atoms with Crippen molar-refractivity contribution in [2.75, 3.05) is 19.6 Å². The van der Waals surface area contributed by atoms with Crippen molar-refractivity contribution in [1.29, 1.82) is 0 Å². The van der Waals surface area contributed by atoms with Gasteiger partial charge in [0.2, 0.25) is 0 Å². The van der Waals surface area contributed by atoms with Crippen LogP contribution in [0.3, 0.4) is 0 Å². The molecule has 3 aromatic heterocycles. The van der Waals surface area contributed by atoms with E-state index in [2.05, 4.69) is 10.2 Å². The minimum absolute atomic E-state index is 0.168. The number of aryl methyl sites for hydroxylation is 1. The van der Waals surface area contributed by atoms with E-state index in [-0.39, 0.29) is 23.5 Å². The Balaban J connectivity index is 0.000000868. The lowest BCUT2D eigenvalue weighted by Gasteiger charge is -2.42. The van der Waals surface area contributed by atoms with Gasteiger partial charge in [-0.3, -0.25) is 19.3 Å². The molecule has 2 atom stereocenters. The van der Waals surface area contributed by atoms with Crippen LogP contribution in [0.1, 0.15) is 46.1 Å². The maximum absolute atomic E-state index is 13.1. The molecule has 34 heavy (non-hydrogen) atoms. The SMILES string of the molecule is O=C(NCCCc1ccco1)c1ccc2n(c1=O)C[C@H]1C[C@@H]2CN(Cc2ccoc2)C1.O=CO. The minimum Gasteiger partial charge on any atom is -0.483 e. The summed E-state index contributed by atoms with van der Waals surface area (Å²) in [6.07, 6.45) is 7.77. The van der Waals surface area contributed by atoms with Crippen LogP contribution in [0.25, 0.3) is 0 Å². The van der Waals surface area contributed by atoms with Crippen molar-refractivity contribution in [2.45, 2.75) is 38.3 Å². The van der Waals surface area contributed by atoms with Crippen LogP contribution >= 0.6 is 0 Å². The number of nitrogens with zero attached hydrogens (tertiary/aromatic N) is 2. The summed E-state index contributed by atoms with van der Waals surface area (Å²) in [5, 5.41) is 9.77. The molecular formula is C25H29N3O6. The van der Waals surface area contributed by atoms with Crippen molar-refractivity contribution in [1.82, 2.24) is 14.8 Å². The maximum Gasteiger partial charge on any atom is 0.290 e. The van der Waals surface area contributed by atoms with Gasteiger partial charge in [-0.2, -0.15) is 0 Å². The second kappa shape index (κ2) is 11.0. The molecule has 0 radical (unpaired) electrons. The number of amides is 1. The summed E-state index contributed by atoms with van der Waals surface area (Å²) in [7, 11) is 0. The molecule has 180 valence electrons. The highest BCUT2D eigenvalue weighted by molar-refractivity contribution is 5.93. The van der Waals surface area contributed by atoms with Gasteiger partial charge in [-0.25, -0.2) is 0 Å². The number of pyridine rings is 1. The molecule has 0 saturated carbocycles. The topological polar surface area (TPSA) is 118 Å². The highest BCUT2D eigenvalue weighted by Gasteiger charge is 2.35. The predicted molar refractivity (Wildman–Crippen MR) is 124 cm³/mol. The third-order valence-corrected chi connectivity index (χ3v) is 6.38. The molecule has 2 N–H and O–H groups in total. The lowest BCUT2D eigenvalue weighted by Crippen LogP contribution is -2.47. The number of hydrogen-bond acceptors (Lipinski definition) is 6. The number of likely N-dealkylation sites (tertiary alicyclic amines) is 1. The van der Waals surface area contributed by atoms with Crippen LogP contribution in [0, 0.1) is 5.92 Å². The van der Waals surface area contributed by atoms with E-state index in [1.807, 2.05) is 28.8 Å². The van der Waals surface area contributed by atoms with Crippen molar-refractivity contribution >= 4 is 12.4 Å². The first-order valence-electron chi connectivity index (χ1n) is 11.4. The first kappa shape index (κ1) is 23.6. The summed E-state index contributed by atoms with van der Waals surface area (Å²) in [6.45, 7) is 3.67. The first-order valence-corrected chi connectivity index (χ1v) is 11.4. The van der Waals surface area contributed by atoms with Crippen LogP contribution in [0.15, 0.2) is 62.8 Å². The van der Waals surface area contributed by atoms with Crippen LogP contribution in [0.4, 0.5) is 0 Å². The van der Waals surface area contributed by atoms with Gasteiger partial charge < -0.3 is 23.8 Å². The molecule has 5 rings (SSSR count). The Kier molecular flexibility index (Phi) is 7.64. The second-order valence-electron chi connectivity index (χ2n) is 8.76. The molecule has 2 bridgehead atoms. The molecule has 1 fully saturated rings. The van der Waals surface area contributed by atoms with Crippen molar-refractivity contribution in [3.05, 3.63) is 82.1 Å². The largest absolute Gasteiger partial charge is 0.483 e. The fourth-order valence-electron chi connectivity index (χ4n) is 5.00. The van der Waals surface area contributed by atoms with Gasteiger partial charge in [-0.15, -0.1) is 0 Å². The number of furan rings is 2. The molecule has 2 aliphatic rings. The summed E-state index contributed by atoms with van der Waals surface area (Å²) >= 11 is 0. The number of piperidine rings is 1. The Hall–Kier alpha value is -3.59. The lowest BCUT2D eigenvalue weighted by atomic mass is 9.83. The van der Waals surface area contributed by atoms with Crippen LogP contribution in [-0.4, -0.2) is 46.6 Å². The van der Waals surface area contributed by atoms with Gasteiger partial charge in [0.25, 0.3) is 17.9 Å². The van der Waals surface area contributed by atoms with E-state index in [0.29, 0.717) is 24.9 Å². The normalized spacial score (nSPS) is 18.9. The predicted octanol–water partition coefficient (Wildman–Crippen LogP) is 2.72. The molecule has 0 aliphatic carbocycles. The Bertz CT molecular complexity index is 1140. The number of carboxylic acid groups (broad SMARTS) is 1. The van der Waals surface area contributed by atoms with Crippen LogP contribution in [0.5, 0.6) is 0 Å². The summed E-state index contributed by atoms with van der Waals surface area (Å²) in [6, 6.07) is 9.45. The van der Waals surface area contributed by atoms with Gasteiger partial charge in [0, 0.05) is 56.3 Å². The summed E-state index contributed by atoms with van der Waals surface area (Å²) in [4.78, 5) is 36.5. The minimum atomic E-state index is -0.294. The Labute approximate surface area is 197 Å². The van der Waals surface area contributed by atoms with E-state index in [4.69, 9.17) is 18.7 Å². The molecule has 2 aliphatic heterocycles. The molecule has 1 saturated heterocycles. The third kappa shape index (κ3) is 5.48. The molecule has 3 aromatic rings. The fraction of sp³-hybridized carbons (Fsp3) is 0.400. The van der Waals surface area contributed by atoms with E-state index in [9.17, 15) is 9.59 Å². The van der Waals surface area contributed by atoms with E-state index < -0.39 is 0 Å². The zero-order chi connectivity index (χ0) is 23.9. The highest BCUT2D eigenvalue weighted by atomic mass is 16.3. The van der Waals surface area contributed by atoms with E-state index in [1.165, 1.54) is 5.56 Å². The van der Waals surface area contributed by atoms with Gasteiger partial charge in [0.1, 0.15) is 11.3 Å². The molecule has 9 heteroatoms. The number of carbonyl (C=O) groups is 2. The second-order valence-corrected chi connectivity index (χ2v) is 8.76. The van der Waals surface area contributed by atoms with Gasteiger partial charge in [-0.05, 0) is 49.1 Å². The van der Waals surface area contributed by atoms with E-state index in [1.54, 1.807) is 24.9 Å².